The third-order valence-corrected chi connectivity index (χ3v) is 5.86. The van der Waals surface area contributed by atoms with E-state index in [9.17, 15) is 4.79 Å². The Hall–Kier alpha value is -1.93. The van der Waals surface area contributed by atoms with Gasteiger partial charge in [-0.2, -0.15) is 5.10 Å². The zero-order valence-electron chi connectivity index (χ0n) is 15.1. The smallest absolute Gasteiger partial charge is 0.320 e. The van der Waals surface area contributed by atoms with Gasteiger partial charge in [0.2, 0.25) is 0 Å². The fraction of sp³-hybridized carbons (Fsp3) is 0.611. The van der Waals surface area contributed by atoms with Crippen LogP contribution in [0.25, 0.3) is 0 Å². The van der Waals surface area contributed by atoms with E-state index in [0.29, 0.717) is 26.3 Å². The van der Waals surface area contributed by atoms with E-state index in [4.69, 9.17) is 4.74 Å². The quantitative estimate of drug-likeness (QED) is 0.754. The number of ether oxygens (including phenoxy) is 1. The minimum absolute atomic E-state index is 0.164. The van der Waals surface area contributed by atoms with Gasteiger partial charge in [0, 0.05) is 37.8 Å². The summed E-state index contributed by atoms with van der Waals surface area (Å²) in [6.07, 6.45) is 4.89. The maximum atomic E-state index is 12.8. The Kier molecular flexibility index (Phi) is 5.21. The van der Waals surface area contributed by atoms with Crippen LogP contribution in [0.4, 0.5) is 4.79 Å². The van der Waals surface area contributed by atoms with Crippen LogP contribution in [0.2, 0.25) is 0 Å². The summed E-state index contributed by atoms with van der Waals surface area (Å²) >= 11 is 1.64. The summed E-state index contributed by atoms with van der Waals surface area (Å²) in [4.78, 5) is 21.1. The molecule has 0 spiro atoms. The number of carbonyl (C=O) groups excluding carboxylic acids is 1. The van der Waals surface area contributed by atoms with E-state index in [1.807, 2.05) is 34.4 Å². The van der Waals surface area contributed by atoms with Gasteiger partial charge in [-0.15, -0.1) is 11.3 Å². The van der Waals surface area contributed by atoms with Crippen LogP contribution >= 0.6 is 11.3 Å². The molecule has 1 atom stereocenters. The fourth-order valence-electron chi connectivity index (χ4n) is 3.73. The first kappa shape index (κ1) is 17.5. The van der Waals surface area contributed by atoms with Crippen LogP contribution in [-0.4, -0.2) is 56.8 Å². The Labute approximate surface area is 157 Å². The zero-order valence-corrected chi connectivity index (χ0v) is 16.0. The van der Waals surface area contributed by atoms with Gasteiger partial charge in [0.15, 0.2) is 0 Å². The fourth-order valence-corrected chi connectivity index (χ4v) is 4.32. The van der Waals surface area contributed by atoms with Gasteiger partial charge >= 0.3 is 6.03 Å². The van der Waals surface area contributed by atoms with Gasteiger partial charge in [-0.1, -0.05) is 0 Å². The van der Waals surface area contributed by atoms with Crippen LogP contribution in [0.1, 0.15) is 41.7 Å². The maximum absolute atomic E-state index is 12.8. The molecule has 2 aliphatic rings. The lowest BCUT2D eigenvalue weighted by Gasteiger charge is -2.36. The summed E-state index contributed by atoms with van der Waals surface area (Å²) in [5.74, 6) is 0. The van der Waals surface area contributed by atoms with Crippen molar-refractivity contribution >= 4 is 17.4 Å². The van der Waals surface area contributed by atoms with E-state index in [0.717, 1.165) is 48.7 Å². The molecule has 4 rings (SSSR count). The summed E-state index contributed by atoms with van der Waals surface area (Å²) in [6, 6.07) is 2.34. The second-order valence-electron chi connectivity index (χ2n) is 6.98. The molecule has 2 aliphatic heterocycles. The minimum Gasteiger partial charge on any atom is -0.375 e. The van der Waals surface area contributed by atoms with E-state index in [-0.39, 0.29) is 12.1 Å². The number of aromatic nitrogens is 3. The van der Waals surface area contributed by atoms with Crippen LogP contribution in [0.5, 0.6) is 0 Å². The summed E-state index contributed by atoms with van der Waals surface area (Å²) in [6.45, 7) is 6.28. The molecule has 4 heterocycles. The lowest BCUT2D eigenvalue weighted by atomic mass is 10.1. The third-order valence-electron chi connectivity index (χ3n) is 5.04. The maximum Gasteiger partial charge on any atom is 0.320 e. The van der Waals surface area contributed by atoms with Crippen LogP contribution in [0.15, 0.2) is 17.6 Å². The molecule has 2 aromatic heterocycles. The Morgan fingerprint density at radius 2 is 2.19 bits per heavy atom. The van der Waals surface area contributed by atoms with E-state index < -0.39 is 0 Å². The highest BCUT2D eigenvalue weighted by atomic mass is 32.1. The van der Waals surface area contributed by atoms with Crippen molar-refractivity contribution in [1.82, 2.24) is 24.6 Å². The molecule has 2 aromatic rings. The van der Waals surface area contributed by atoms with Crippen molar-refractivity contribution in [3.05, 3.63) is 34.0 Å². The van der Waals surface area contributed by atoms with E-state index in [1.165, 1.54) is 0 Å². The van der Waals surface area contributed by atoms with Crippen molar-refractivity contribution in [3.63, 3.8) is 0 Å². The Balaban J connectivity index is 1.34. The predicted molar refractivity (Wildman–Crippen MR) is 99.0 cm³/mol. The molecule has 2 amide bonds. The summed E-state index contributed by atoms with van der Waals surface area (Å²) < 4.78 is 7.87. The van der Waals surface area contributed by atoms with Gasteiger partial charge in [-0.05, 0) is 32.3 Å². The van der Waals surface area contributed by atoms with Crippen molar-refractivity contribution in [2.24, 2.45) is 0 Å². The average Bonchev–Trinajstić information content (AvgIpc) is 3.39. The highest BCUT2D eigenvalue weighted by molar-refractivity contribution is 7.09. The van der Waals surface area contributed by atoms with Crippen LogP contribution in [-0.2, 0) is 17.9 Å². The van der Waals surface area contributed by atoms with Crippen LogP contribution < -0.4 is 0 Å². The number of aryl methyl sites for hydroxylation is 1. The highest BCUT2D eigenvalue weighted by Gasteiger charge is 2.31. The zero-order chi connectivity index (χ0) is 17.9. The summed E-state index contributed by atoms with van der Waals surface area (Å²) in [5, 5.41) is 7.57. The van der Waals surface area contributed by atoms with Crippen LogP contribution in [0, 0.1) is 6.92 Å². The first-order valence-electron chi connectivity index (χ1n) is 9.25. The number of nitrogens with zero attached hydrogens (tertiary/aromatic N) is 5. The standard InChI is InChI=1S/C18H25N5O2S/c1-14-20-15(13-26-14)12-25-9-5-17-11-22(10-16-4-6-19-23(16)17)18(24)21-7-2-3-8-21/h4,6,13,17H,2-3,5,7-12H2,1H3/t17-/m1/s1. The molecule has 0 bridgehead atoms. The predicted octanol–water partition coefficient (Wildman–Crippen LogP) is 2.83. The van der Waals surface area contributed by atoms with Crippen molar-refractivity contribution < 1.29 is 9.53 Å². The first-order chi connectivity index (χ1) is 12.7. The summed E-state index contributed by atoms with van der Waals surface area (Å²) in [5.41, 5.74) is 2.09. The summed E-state index contributed by atoms with van der Waals surface area (Å²) in [7, 11) is 0. The first-order valence-corrected chi connectivity index (χ1v) is 10.1. The number of urea groups is 1. The molecule has 1 fully saturated rings. The minimum atomic E-state index is 0.164. The molecule has 0 aliphatic carbocycles. The molecule has 7 nitrogen and oxygen atoms in total. The highest BCUT2D eigenvalue weighted by Crippen LogP contribution is 2.25. The molecule has 0 N–H and O–H groups in total. The molecule has 26 heavy (non-hydrogen) atoms. The number of hydrogen-bond acceptors (Lipinski definition) is 5. The van der Waals surface area contributed by atoms with Crippen LogP contribution in [0.3, 0.4) is 0 Å². The molecule has 0 aromatic carbocycles. The van der Waals surface area contributed by atoms with Gasteiger partial charge in [0.05, 0.1) is 35.6 Å². The molecule has 0 radical (unpaired) electrons. The van der Waals surface area contributed by atoms with E-state index >= 15 is 0 Å². The molecule has 8 heteroatoms. The lowest BCUT2D eigenvalue weighted by molar-refractivity contribution is 0.0874. The number of thiazole rings is 1. The number of carbonyl (C=O) groups is 1. The van der Waals surface area contributed by atoms with Crippen molar-refractivity contribution in [3.8, 4) is 0 Å². The molecule has 0 saturated carbocycles. The van der Waals surface area contributed by atoms with Gasteiger partial charge < -0.3 is 14.5 Å². The molecular weight excluding hydrogens is 350 g/mol. The number of fused-ring (bicyclic) bond motifs is 1. The van der Waals surface area contributed by atoms with E-state index in [1.54, 1.807) is 11.3 Å². The second-order valence-corrected chi connectivity index (χ2v) is 8.04. The van der Waals surface area contributed by atoms with Gasteiger partial charge in [0.25, 0.3) is 0 Å². The molecule has 0 unspecified atom stereocenters. The lowest BCUT2D eigenvalue weighted by Crippen LogP contribution is -2.47. The SMILES string of the molecule is Cc1nc(COCC[C@@H]2CN(C(=O)N3CCCC3)Cc3ccnn32)cs1. The Bertz CT molecular complexity index is 752. The van der Waals surface area contributed by atoms with Gasteiger partial charge in [0.1, 0.15) is 0 Å². The largest absolute Gasteiger partial charge is 0.375 e. The van der Waals surface area contributed by atoms with E-state index in [2.05, 4.69) is 14.8 Å². The number of hydrogen-bond donors (Lipinski definition) is 0. The number of likely N-dealkylation sites (tertiary alicyclic amines) is 1. The Morgan fingerprint density at radius 3 is 2.96 bits per heavy atom. The number of rotatable bonds is 5. The normalized spacial score (nSPS) is 19.8. The van der Waals surface area contributed by atoms with Crippen molar-refractivity contribution in [2.45, 2.75) is 45.4 Å². The second kappa shape index (κ2) is 7.75. The number of amides is 2. The van der Waals surface area contributed by atoms with Crippen molar-refractivity contribution in [2.75, 3.05) is 26.2 Å². The average molecular weight is 375 g/mol. The molecular formula is C18H25N5O2S. The molecule has 1 saturated heterocycles. The monoisotopic (exact) mass is 375 g/mol. The van der Waals surface area contributed by atoms with Gasteiger partial charge in [-0.25, -0.2) is 9.78 Å². The molecule has 140 valence electrons. The van der Waals surface area contributed by atoms with Crippen molar-refractivity contribution in [1.29, 1.82) is 0 Å². The van der Waals surface area contributed by atoms with Gasteiger partial charge in [-0.3, -0.25) is 4.68 Å². The third kappa shape index (κ3) is 3.76. The Morgan fingerprint density at radius 1 is 1.35 bits per heavy atom. The topological polar surface area (TPSA) is 63.5 Å².